The van der Waals surface area contributed by atoms with Crippen LogP contribution in [0.4, 0.5) is 5.82 Å². The van der Waals surface area contributed by atoms with Gasteiger partial charge in [0.1, 0.15) is 22.7 Å². The summed E-state index contributed by atoms with van der Waals surface area (Å²) in [6.07, 6.45) is 6.00. The number of aryl methyl sites for hydroxylation is 1. The molecule has 4 heterocycles. The van der Waals surface area contributed by atoms with E-state index in [0.29, 0.717) is 54.6 Å². The highest BCUT2D eigenvalue weighted by Crippen LogP contribution is 2.38. The highest BCUT2D eigenvalue weighted by Gasteiger charge is 2.29. The second-order valence-electron chi connectivity index (χ2n) is 11.7. The Morgan fingerprint density at radius 3 is 2.62 bits per heavy atom. The van der Waals surface area contributed by atoms with Gasteiger partial charge in [0.2, 0.25) is 10.0 Å². The second-order valence-corrected chi connectivity index (χ2v) is 13.6. The monoisotopic (exact) mass is 593 g/mol. The summed E-state index contributed by atoms with van der Waals surface area (Å²) < 4.78 is 36.5. The van der Waals surface area contributed by atoms with Crippen molar-refractivity contribution in [1.29, 1.82) is 0 Å². The largest absolute Gasteiger partial charge is 0.494 e. The standard InChI is InChI=1S/C30H39N7O4S/c1-5-12-37(42(4,39)40)26-11-10-20-15-24(36(28(20)33-26)17-19-8-9-19)29-32-23-14-21(16-25(41-3)27(23)34(29)2)30(38)35-13-6-7-22(31)18-35/h10-11,14-16,19,22H,5-9,12-13,17-18,31H2,1-4H3/t22-/m1/s1. The molecule has 0 spiro atoms. The third-order valence-corrected chi connectivity index (χ3v) is 9.50. The van der Waals surface area contributed by atoms with Crippen LogP contribution in [0.3, 0.4) is 0 Å². The Balaban J connectivity index is 1.48. The van der Waals surface area contributed by atoms with Crippen LogP contribution in [-0.4, -0.2) is 77.4 Å². The number of pyridine rings is 1. The first-order valence-corrected chi connectivity index (χ1v) is 16.5. The van der Waals surface area contributed by atoms with Gasteiger partial charge in [0.15, 0.2) is 5.82 Å². The molecular weight excluding hydrogens is 554 g/mol. The molecule has 2 N–H and O–H groups in total. The van der Waals surface area contributed by atoms with Crippen molar-refractivity contribution in [3.63, 3.8) is 0 Å². The Bertz CT molecular complexity index is 1770. The minimum Gasteiger partial charge on any atom is -0.494 e. The van der Waals surface area contributed by atoms with Crippen LogP contribution in [0.5, 0.6) is 5.75 Å². The Morgan fingerprint density at radius 1 is 1.17 bits per heavy atom. The van der Waals surface area contributed by atoms with E-state index in [-0.39, 0.29) is 11.9 Å². The number of carbonyl (C=O) groups excluding carboxylic acids is 1. The molecule has 1 saturated carbocycles. The fourth-order valence-electron chi connectivity index (χ4n) is 6.03. The lowest BCUT2D eigenvalue weighted by Crippen LogP contribution is -2.45. The smallest absolute Gasteiger partial charge is 0.254 e. The molecule has 0 radical (unpaired) electrons. The molecule has 3 aromatic heterocycles. The van der Waals surface area contributed by atoms with E-state index >= 15 is 0 Å². The van der Waals surface area contributed by atoms with Gasteiger partial charge < -0.3 is 24.5 Å². The molecule has 12 heteroatoms. The normalized spacial score (nSPS) is 17.7. The molecule has 1 aliphatic carbocycles. The summed E-state index contributed by atoms with van der Waals surface area (Å²) in [4.78, 5) is 25.2. The maximum Gasteiger partial charge on any atom is 0.254 e. The van der Waals surface area contributed by atoms with Crippen LogP contribution in [0.25, 0.3) is 33.6 Å². The fourth-order valence-corrected chi connectivity index (χ4v) is 6.99. The summed E-state index contributed by atoms with van der Waals surface area (Å²) in [6, 6.07) is 9.38. The number of carbonyl (C=O) groups is 1. The minimum atomic E-state index is -3.48. The number of piperidine rings is 1. The van der Waals surface area contributed by atoms with Crippen molar-refractivity contribution >= 4 is 43.8 Å². The maximum atomic E-state index is 13.4. The lowest BCUT2D eigenvalue weighted by atomic mass is 10.0. The Morgan fingerprint density at radius 2 is 1.95 bits per heavy atom. The minimum absolute atomic E-state index is 0.0104. The van der Waals surface area contributed by atoms with Crippen LogP contribution in [-0.2, 0) is 23.6 Å². The molecule has 1 aromatic carbocycles. The van der Waals surface area contributed by atoms with Gasteiger partial charge in [-0.3, -0.25) is 9.10 Å². The van der Waals surface area contributed by atoms with Gasteiger partial charge in [-0.25, -0.2) is 18.4 Å². The number of nitrogens with two attached hydrogens (primary N) is 1. The van der Waals surface area contributed by atoms with Gasteiger partial charge in [0, 0.05) is 50.2 Å². The van der Waals surface area contributed by atoms with Crippen LogP contribution in [0.15, 0.2) is 30.3 Å². The number of fused-ring (bicyclic) bond motifs is 2. The van der Waals surface area contributed by atoms with E-state index in [0.717, 1.165) is 60.3 Å². The molecule has 1 aliphatic heterocycles. The van der Waals surface area contributed by atoms with Crippen molar-refractivity contribution < 1.29 is 17.9 Å². The van der Waals surface area contributed by atoms with Gasteiger partial charge in [0.05, 0.1) is 24.6 Å². The lowest BCUT2D eigenvalue weighted by Gasteiger charge is -2.30. The number of benzene rings is 1. The number of ether oxygens (including phenoxy) is 1. The molecule has 11 nitrogen and oxygen atoms in total. The molecule has 224 valence electrons. The van der Waals surface area contributed by atoms with Gasteiger partial charge in [-0.2, -0.15) is 0 Å². The van der Waals surface area contributed by atoms with Gasteiger partial charge in [0.25, 0.3) is 5.91 Å². The first kappa shape index (κ1) is 28.5. The number of hydrogen-bond acceptors (Lipinski definition) is 7. The van der Waals surface area contributed by atoms with Gasteiger partial charge in [-0.05, 0) is 68.4 Å². The van der Waals surface area contributed by atoms with E-state index in [1.165, 1.54) is 10.6 Å². The third kappa shape index (κ3) is 5.22. The summed E-state index contributed by atoms with van der Waals surface area (Å²) in [6.45, 7) is 4.30. The van der Waals surface area contributed by atoms with Gasteiger partial charge >= 0.3 is 0 Å². The summed E-state index contributed by atoms with van der Waals surface area (Å²) in [5.74, 6) is 2.19. The van der Waals surface area contributed by atoms with E-state index in [2.05, 4.69) is 10.6 Å². The quantitative estimate of drug-likeness (QED) is 0.313. The number of rotatable bonds is 9. The highest BCUT2D eigenvalue weighted by molar-refractivity contribution is 7.92. The highest BCUT2D eigenvalue weighted by atomic mass is 32.2. The van der Waals surface area contributed by atoms with Crippen molar-refractivity contribution in [2.24, 2.45) is 18.7 Å². The summed E-state index contributed by atoms with van der Waals surface area (Å²) in [5, 5.41) is 0.913. The van der Waals surface area contributed by atoms with Gasteiger partial charge in [-0.1, -0.05) is 6.92 Å². The topological polar surface area (TPSA) is 129 Å². The van der Waals surface area contributed by atoms with Crippen LogP contribution >= 0.6 is 0 Å². The van der Waals surface area contributed by atoms with E-state index in [9.17, 15) is 13.2 Å². The number of hydrogen-bond donors (Lipinski definition) is 1. The van der Waals surface area contributed by atoms with E-state index in [4.69, 9.17) is 20.4 Å². The van der Waals surface area contributed by atoms with E-state index in [1.807, 2.05) is 35.6 Å². The second kappa shape index (κ2) is 10.9. The number of sulfonamides is 1. The molecule has 2 fully saturated rings. The van der Waals surface area contributed by atoms with E-state index in [1.54, 1.807) is 19.2 Å². The Hall–Kier alpha value is -3.64. The number of likely N-dealkylation sites (tertiary alicyclic amines) is 1. The Labute approximate surface area is 246 Å². The predicted molar refractivity (Wildman–Crippen MR) is 164 cm³/mol. The zero-order valence-corrected chi connectivity index (χ0v) is 25.5. The molecule has 1 atom stereocenters. The number of aromatic nitrogens is 4. The molecule has 2 aliphatic rings. The van der Waals surface area contributed by atoms with Gasteiger partial charge in [-0.15, -0.1) is 0 Å². The molecule has 1 amide bonds. The number of imidazole rings is 1. The zero-order valence-electron chi connectivity index (χ0n) is 24.7. The first-order valence-electron chi connectivity index (χ1n) is 14.7. The van der Waals surface area contributed by atoms with Crippen molar-refractivity contribution in [1.82, 2.24) is 24.0 Å². The van der Waals surface area contributed by atoms with Crippen LogP contribution in [0, 0.1) is 5.92 Å². The Kier molecular flexibility index (Phi) is 7.38. The van der Waals surface area contributed by atoms with Crippen molar-refractivity contribution in [2.75, 3.05) is 37.3 Å². The molecule has 0 bridgehead atoms. The molecule has 0 unspecified atom stereocenters. The van der Waals surface area contributed by atoms with Crippen LogP contribution < -0.4 is 14.8 Å². The van der Waals surface area contributed by atoms with Crippen LogP contribution in [0.1, 0.15) is 49.4 Å². The maximum absolute atomic E-state index is 13.4. The number of anilines is 1. The SMILES string of the molecule is CCCN(c1ccc2cc(-c3nc4cc(C(=O)N5CCC[C@@H](N)C5)cc(OC)c4n3C)n(CC3CC3)c2n1)S(C)(=O)=O. The average Bonchev–Trinajstić information content (AvgIpc) is 3.63. The molecule has 4 aromatic rings. The molecule has 6 rings (SSSR count). The molecular formula is C30H39N7O4S. The van der Waals surface area contributed by atoms with Crippen molar-refractivity contribution in [3.05, 3.63) is 35.9 Å². The summed E-state index contributed by atoms with van der Waals surface area (Å²) >= 11 is 0. The average molecular weight is 594 g/mol. The molecule has 1 saturated heterocycles. The predicted octanol–water partition coefficient (Wildman–Crippen LogP) is 3.75. The third-order valence-electron chi connectivity index (χ3n) is 8.32. The van der Waals surface area contributed by atoms with Crippen LogP contribution in [0.2, 0.25) is 0 Å². The van der Waals surface area contributed by atoms with Crippen molar-refractivity contribution in [3.8, 4) is 17.3 Å². The van der Waals surface area contributed by atoms with E-state index < -0.39 is 10.0 Å². The number of methoxy groups -OCH3 is 1. The summed E-state index contributed by atoms with van der Waals surface area (Å²) in [5.41, 5.74) is 9.76. The number of nitrogens with zero attached hydrogens (tertiary/aromatic N) is 6. The summed E-state index contributed by atoms with van der Waals surface area (Å²) in [7, 11) is 0.0718. The lowest BCUT2D eigenvalue weighted by molar-refractivity contribution is 0.0708. The molecule has 42 heavy (non-hydrogen) atoms. The zero-order chi connectivity index (χ0) is 29.8. The first-order chi connectivity index (χ1) is 20.1. The fraction of sp³-hybridized carbons (Fsp3) is 0.500. The number of amides is 1. The van der Waals surface area contributed by atoms with Crippen molar-refractivity contribution in [2.45, 2.75) is 51.6 Å².